The van der Waals surface area contributed by atoms with E-state index in [4.69, 9.17) is 14.3 Å². The number of hydrogen-bond donors (Lipinski definition) is 2. The van der Waals surface area contributed by atoms with E-state index in [1.54, 1.807) is 12.2 Å². The van der Waals surface area contributed by atoms with Crippen molar-refractivity contribution in [3.63, 3.8) is 0 Å². The normalized spacial score (nSPS) is 24.1. The van der Waals surface area contributed by atoms with Gasteiger partial charge in [0.05, 0.1) is 7.98 Å². The molecule has 0 saturated carbocycles. The smallest absolute Gasteiger partial charge is 0.407 e. The number of ether oxygens (including phenoxy) is 1. The monoisotopic (exact) mass is 224 g/mol. The van der Waals surface area contributed by atoms with E-state index >= 15 is 0 Å². The fraction of sp³-hybridized carbons (Fsp3) is 0.909. The van der Waals surface area contributed by atoms with Crippen molar-refractivity contribution >= 4 is 6.09 Å². The Morgan fingerprint density at radius 3 is 2.87 bits per heavy atom. The van der Waals surface area contributed by atoms with Crippen LogP contribution in [0.4, 0.5) is 4.79 Å². The van der Waals surface area contributed by atoms with Crippen molar-refractivity contribution in [2.24, 2.45) is 5.41 Å². The number of carbonyl (C=O) groups is 1. The number of nitrogens with one attached hydrogen (secondary N) is 1. The standard InChI is InChI=1S/C11H23NO3/c1-5-6-11(4,7-13)8-15-10(14)12-9(2)3/h9,13H,5-8H2,1-4H3,(H,12,14)/i2D3,3D3,9D. The van der Waals surface area contributed by atoms with Gasteiger partial charge in [-0.3, -0.25) is 0 Å². The first-order chi connectivity index (χ1) is 9.72. The highest BCUT2D eigenvalue weighted by atomic mass is 16.5. The van der Waals surface area contributed by atoms with Crippen LogP contribution < -0.4 is 5.32 Å². The summed E-state index contributed by atoms with van der Waals surface area (Å²) in [5, 5.41) is 10.9. The fourth-order valence-corrected chi connectivity index (χ4v) is 1.18. The first-order valence-electron chi connectivity index (χ1n) is 8.28. The SMILES string of the molecule is [2H]C([2H])([2H])C([2H])(NC(=O)OCC(C)(CO)CCC)C([2H])([2H])[2H]. The molecule has 0 spiro atoms. The molecule has 0 rings (SSSR count). The topological polar surface area (TPSA) is 58.6 Å². The predicted molar refractivity (Wildman–Crippen MR) is 59.7 cm³/mol. The average molecular weight is 224 g/mol. The molecule has 4 nitrogen and oxygen atoms in total. The van der Waals surface area contributed by atoms with Crippen molar-refractivity contribution in [2.45, 2.75) is 46.4 Å². The lowest BCUT2D eigenvalue weighted by Crippen LogP contribution is -2.35. The average Bonchev–Trinajstić information content (AvgIpc) is 2.34. The summed E-state index contributed by atoms with van der Waals surface area (Å²) in [7, 11) is 0. The minimum Gasteiger partial charge on any atom is -0.449 e. The van der Waals surface area contributed by atoms with Gasteiger partial charge in [0.1, 0.15) is 6.61 Å². The Morgan fingerprint density at radius 2 is 2.40 bits per heavy atom. The first-order valence-corrected chi connectivity index (χ1v) is 4.78. The summed E-state index contributed by atoms with van der Waals surface area (Å²) in [6.45, 7) is -3.45. The molecule has 0 aromatic rings. The number of aliphatic hydroxyl groups is 1. The van der Waals surface area contributed by atoms with E-state index in [2.05, 4.69) is 0 Å². The molecule has 0 aliphatic carbocycles. The van der Waals surface area contributed by atoms with Crippen LogP contribution in [0.5, 0.6) is 0 Å². The highest BCUT2D eigenvalue weighted by Gasteiger charge is 2.24. The molecule has 0 radical (unpaired) electrons. The van der Waals surface area contributed by atoms with Crippen molar-refractivity contribution in [3.8, 4) is 0 Å². The number of carbonyl (C=O) groups excluding carboxylic acids is 1. The Bertz CT molecular complexity index is 369. The largest absolute Gasteiger partial charge is 0.449 e. The van der Waals surface area contributed by atoms with E-state index in [-0.39, 0.29) is 13.2 Å². The summed E-state index contributed by atoms with van der Waals surface area (Å²) >= 11 is 0. The van der Waals surface area contributed by atoms with E-state index < -0.39 is 31.2 Å². The molecular formula is C11H23NO3. The third-order valence-corrected chi connectivity index (χ3v) is 2.01. The van der Waals surface area contributed by atoms with Gasteiger partial charge in [0.2, 0.25) is 0 Å². The molecule has 2 N–H and O–H groups in total. The van der Waals surface area contributed by atoms with Crippen LogP contribution in [0.15, 0.2) is 0 Å². The molecular weight excluding hydrogens is 194 g/mol. The Labute approximate surface area is 102 Å². The van der Waals surface area contributed by atoms with Crippen molar-refractivity contribution < 1.29 is 24.2 Å². The molecule has 1 atom stereocenters. The van der Waals surface area contributed by atoms with Gasteiger partial charge >= 0.3 is 6.09 Å². The number of alkyl carbamates (subject to hydrolysis) is 1. The van der Waals surface area contributed by atoms with Crippen LogP contribution in [0.3, 0.4) is 0 Å². The molecule has 0 aliphatic heterocycles. The lowest BCUT2D eigenvalue weighted by molar-refractivity contribution is 0.0427. The third-order valence-electron chi connectivity index (χ3n) is 2.01. The van der Waals surface area contributed by atoms with Gasteiger partial charge < -0.3 is 15.2 Å². The van der Waals surface area contributed by atoms with Gasteiger partial charge in [0.25, 0.3) is 0 Å². The zero-order valence-electron chi connectivity index (χ0n) is 16.1. The minimum atomic E-state index is -3.26. The van der Waals surface area contributed by atoms with Crippen LogP contribution in [0.25, 0.3) is 0 Å². The maximum Gasteiger partial charge on any atom is 0.407 e. The van der Waals surface area contributed by atoms with Gasteiger partial charge in [-0.2, -0.15) is 0 Å². The molecule has 0 aromatic carbocycles. The van der Waals surface area contributed by atoms with E-state index in [1.807, 2.05) is 6.92 Å². The second-order valence-corrected chi connectivity index (χ2v) is 3.79. The fourth-order valence-electron chi connectivity index (χ4n) is 1.18. The van der Waals surface area contributed by atoms with E-state index in [0.717, 1.165) is 6.42 Å². The van der Waals surface area contributed by atoms with E-state index in [0.29, 0.717) is 6.42 Å². The maximum atomic E-state index is 11.7. The Balaban J connectivity index is 4.95. The summed E-state index contributed by atoms with van der Waals surface area (Å²) in [5.41, 5.74) is -0.712. The molecule has 0 bridgehead atoms. The summed E-state index contributed by atoms with van der Waals surface area (Å²) in [5.74, 6) is 0. The van der Waals surface area contributed by atoms with Crippen molar-refractivity contribution in [2.75, 3.05) is 13.2 Å². The molecule has 15 heavy (non-hydrogen) atoms. The van der Waals surface area contributed by atoms with Gasteiger partial charge in [-0.05, 0) is 20.1 Å². The summed E-state index contributed by atoms with van der Waals surface area (Å²) < 4.78 is 55.4. The number of hydrogen-bond acceptors (Lipinski definition) is 3. The van der Waals surface area contributed by atoms with E-state index in [9.17, 15) is 9.90 Å². The molecule has 90 valence electrons. The highest BCUT2D eigenvalue weighted by molar-refractivity contribution is 5.67. The first kappa shape index (κ1) is 6.09. The molecule has 0 aromatic heterocycles. The second-order valence-electron chi connectivity index (χ2n) is 3.79. The van der Waals surface area contributed by atoms with Crippen molar-refractivity contribution in [3.05, 3.63) is 0 Å². The number of aliphatic hydroxyl groups excluding tert-OH is 1. The van der Waals surface area contributed by atoms with Crippen LogP contribution in [0, 0.1) is 5.41 Å². The van der Waals surface area contributed by atoms with Gasteiger partial charge in [0, 0.05) is 19.7 Å². The number of rotatable bonds is 6. The van der Waals surface area contributed by atoms with Gasteiger partial charge in [0.15, 0.2) is 0 Å². The third kappa shape index (κ3) is 6.33. The lowest BCUT2D eigenvalue weighted by Gasteiger charge is -2.26. The van der Waals surface area contributed by atoms with Crippen LogP contribution in [-0.2, 0) is 4.74 Å². The molecule has 4 heteroatoms. The van der Waals surface area contributed by atoms with Crippen LogP contribution in [0.1, 0.15) is 50.0 Å². The van der Waals surface area contributed by atoms with Crippen LogP contribution >= 0.6 is 0 Å². The van der Waals surface area contributed by atoms with E-state index in [1.165, 1.54) is 0 Å². The van der Waals surface area contributed by atoms with Gasteiger partial charge in [-0.1, -0.05) is 20.3 Å². The van der Waals surface area contributed by atoms with Gasteiger partial charge in [-0.15, -0.1) is 0 Å². The summed E-state index contributed by atoms with van der Waals surface area (Å²) in [6, 6.07) is -3.17. The number of amides is 1. The Hall–Kier alpha value is -0.770. The minimum absolute atomic E-state index is 0.221. The predicted octanol–water partition coefficient (Wildman–Crippen LogP) is 1.92. The quantitative estimate of drug-likeness (QED) is 0.724. The molecule has 0 heterocycles. The van der Waals surface area contributed by atoms with Crippen LogP contribution in [0.2, 0.25) is 0 Å². The zero-order valence-corrected chi connectivity index (χ0v) is 9.09. The molecule has 1 amide bonds. The van der Waals surface area contributed by atoms with Crippen LogP contribution in [-0.4, -0.2) is 30.4 Å². The molecule has 0 fully saturated rings. The maximum absolute atomic E-state index is 11.7. The zero-order chi connectivity index (χ0) is 17.8. The Kier molecular flexibility index (Phi) is 2.70. The Morgan fingerprint density at radius 1 is 1.73 bits per heavy atom. The van der Waals surface area contributed by atoms with Gasteiger partial charge in [-0.25, -0.2) is 4.79 Å². The second kappa shape index (κ2) is 6.67. The molecule has 0 saturated heterocycles. The summed E-state index contributed by atoms with van der Waals surface area (Å²) in [6.07, 6.45) is -0.0333. The highest BCUT2D eigenvalue weighted by Crippen LogP contribution is 2.22. The molecule has 1 unspecified atom stereocenters. The molecule has 0 aliphatic rings. The van der Waals surface area contributed by atoms with Crippen molar-refractivity contribution in [1.29, 1.82) is 0 Å². The lowest BCUT2D eigenvalue weighted by atomic mass is 9.88. The van der Waals surface area contributed by atoms with Crippen molar-refractivity contribution in [1.82, 2.24) is 5.32 Å². The summed E-state index contributed by atoms with van der Waals surface area (Å²) in [4.78, 5) is 11.7.